The number of nitrogens with one attached hydrogen (secondary N) is 1. The summed E-state index contributed by atoms with van der Waals surface area (Å²) in [6.45, 7) is 1.72. The molecule has 3 rings (SSSR count). The largest absolute Gasteiger partial charge is 0.493 e. The zero-order valence-electron chi connectivity index (χ0n) is 19.7. The van der Waals surface area contributed by atoms with Crippen molar-refractivity contribution < 1.29 is 27.5 Å². The molecule has 0 atom stereocenters. The monoisotopic (exact) mass is 516 g/mol. The number of halogens is 1. The Morgan fingerprint density at radius 3 is 2.14 bits per heavy atom. The second kappa shape index (κ2) is 10.8. The highest BCUT2D eigenvalue weighted by Gasteiger charge is 2.26. The topological polar surface area (TPSA) is 102 Å². The molecule has 0 bridgehead atoms. The van der Waals surface area contributed by atoms with Crippen LogP contribution in [-0.2, 0) is 10.0 Å². The smallest absolute Gasteiger partial charge is 0.257 e. The van der Waals surface area contributed by atoms with E-state index in [1.54, 1.807) is 43.3 Å². The van der Waals surface area contributed by atoms with Gasteiger partial charge in [0.15, 0.2) is 17.3 Å². The van der Waals surface area contributed by atoms with Crippen molar-refractivity contribution in [1.82, 2.24) is 0 Å². The Bertz CT molecular complexity index is 1360. The van der Waals surface area contributed by atoms with Gasteiger partial charge in [-0.15, -0.1) is 0 Å². The summed E-state index contributed by atoms with van der Waals surface area (Å²) in [6, 6.07) is 15.9. The molecule has 0 aromatic heterocycles. The number of ether oxygens (including phenoxy) is 2. The first-order valence-electron chi connectivity index (χ1n) is 10.5. The molecule has 0 saturated carbocycles. The lowest BCUT2D eigenvalue weighted by molar-refractivity contribution is 0.102. The highest BCUT2D eigenvalue weighted by atomic mass is 35.5. The van der Waals surface area contributed by atoms with Crippen LogP contribution >= 0.6 is 11.6 Å². The Hall–Kier alpha value is -3.56. The van der Waals surface area contributed by atoms with Gasteiger partial charge in [0.1, 0.15) is 0 Å². The van der Waals surface area contributed by atoms with E-state index < -0.39 is 15.9 Å². The van der Waals surface area contributed by atoms with Crippen molar-refractivity contribution in [3.8, 4) is 11.5 Å². The van der Waals surface area contributed by atoms with Gasteiger partial charge in [0.05, 0.1) is 37.4 Å². The number of carbonyl (C=O) groups excluding carboxylic acids is 2. The number of ketones is 1. The lowest BCUT2D eigenvalue weighted by Crippen LogP contribution is -2.31. The van der Waals surface area contributed by atoms with E-state index >= 15 is 0 Å². The average Bonchev–Trinajstić information content (AvgIpc) is 2.84. The second-order valence-corrected chi connectivity index (χ2v) is 9.83. The molecule has 0 aliphatic carbocycles. The molecule has 35 heavy (non-hydrogen) atoms. The number of hydrogen-bond acceptors (Lipinski definition) is 6. The summed E-state index contributed by atoms with van der Waals surface area (Å²) in [4.78, 5) is 26.6. The summed E-state index contributed by atoms with van der Waals surface area (Å²) in [6.07, 6.45) is 1.05. The third-order valence-corrected chi connectivity index (χ3v) is 6.70. The van der Waals surface area contributed by atoms with Gasteiger partial charge in [-0.3, -0.25) is 13.9 Å². The molecule has 0 unspecified atom stereocenters. The minimum absolute atomic E-state index is 0.0167. The molecule has 0 spiro atoms. The summed E-state index contributed by atoms with van der Waals surface area (Å²) in [5.41, 5.74) is 0.954. The van der Waals surface area contributed by atoms with E-state index in [0.717, 1.165) is 10.6 Å². The molecule has 1 amide bonds. The van der Waals surface area contributed by atoms with Crippen LogP contribution < -0.4 is 19.1 Å². The minimum atomic E-state index is -3.72. The fourth-order valence-electron chi connectivity index (χ4n) is 3.59. The maximum atomic E-state index is 13.5. The van der Waals surface area contributed by atoms with Gasteiger partial charge in [-0.05, 0) is 31.2 Å². The fraction of sp³-hybridized carbons (Fsp3) is 0.200. The minimum Gasteiger partial charge on any atom is -0.493 e. The van der Waals surface area contributed by atoms with Crippen LogP contribution in [0.25, 0.3) is 0 Å². The number of hydrogen-bond donors (Lipinski definition) is 1. The molecule has 0 heterocycles. The van der Waals surface area contributed by atoms with Crippen molar-refractivity contribution in [2.75, 3.05) is 36.6 Å². The number of sulfonamides is 1. The Labute approximate surface area is 209 Å². The first-order chi connectivity index (χ1) is 16.6. The zero-order chi connectivity index (χ0) is 25.8. The molecule has 10 heteroatoms. The van der Waals surface area contributed by atoms with Gasteiger partial charge in [0, 0.05) is 28.8 Å². The normalized spacial score (nSPS) is 11.0. The molecule has 0 aliphatic rings. The Kier molecular flexibility index (Phi) is 8.03. The SMILES string of the molecule is CCN(c1cc(OC)c(OC)cc1C(=O)Nc1ccc(Cl)cc1C(=O)c1ccccc1)S(C)(=O)=O. The zero-order valence-corrected chi connectivity index (χ0v) is 21.2. The summed E-state index contributed by atoms with van der Waals surface area (Å²) < 4.78 is 36.6. The summed E-state index contributed by atoms with van der Waals surface area (Å²) in [7, 11) is -0.903. The number of carbonyl (C=O) groups is 2. The highest BCUT2D eigenvalue weighted by molar-refractivity contribution is 7.92. The van der Waals surface area contributed by atoms with E-state index in [2.05, 4.69) is 5.32 Å². The van der Waals surface area contributed by atoms with Gasteiger partial charge in [-0.25, -0.2) is 8.42 Å². The first-order valence-corrected chi connectivity index (χ1v) is 12.8. The number of anilines is 2. The van der Waals surface area contributed by atoms with Gasteiger partial charge in [0.25, 0.3) is 5.91 Å². The van der Waals surface area contributed by atoms with Gasteiger partial charge in [-0.2, -0.15) is 0 Å². The van der Waals surface area contributed by atoms with Crippen molar-refractivity contribution in [2.45, 2.75) is 6.92 Å². The van der Waals surface area contributed by atoms with Crippen LogP contribution in [-0.4, -0.2) is 47.1 Å². The molecule has 8 nitrogen and oxygen atoms in total. The maximum Gasteiger partial charge on any atom is 0.257 e. The average molecular weight is 517 g/mol. The summed E-state index contributed by atoms with van der Waals surface area (Å²) in [5.74, 6) is -0.482. The third-order valence-electron chi connectivity index (χ3n) is 5.21. The molecule has 0 radical (unpaired) electrons. The van der Waals surface area contributed by atoms with E-state index in [1.165, 1.54) is 38.5 Å². The molecule has 184 valence electrons. The van der Waals surface area contributed by atoms with Gasteiger partial charge >= 0.3 is 0 Å². The molecule has 0 aliphatic heterocycles. The maximum absolute atomic E-state index is 13.5. The van der Waals surface area contributed by atoms with Crippen LogP contribution in [0.1, 0.15) is 33.2 Å². The quantitative estimate of drug-likeness (QED) is 0.416. The Balaban J connectivity index is 2.12. The molecule has 1 N–H and O–H groups in total. The van der Waals surface area contributed by atoms with Crippen LogP contribution in [0, 0.1) is 0 Å². The lowest BCUT2D eigenvalue weighted by Gasteiger charge is -2.24. The third kappa shape index (κ3) is 5.75. The van der Waals surface area contributed by atoms with Crippen molar-refractivity contribution in [3.63, 3.8) is 0 Å². The predicted octanol–water partition coefficient (Wildman–Crippen LogP) is 4.63. The fourth-order valence-corrected chi connectivity index (χ4v) is 4.74. The Morgan fingerprint density at radius 1 is 0.943 bits per heavy atom. The van der Waals surface area contributed by atoms with Gasteiger partial charge in [-0.1, -0.05) is 41.9 Å². The van der Waals surface area contributed by atoms with Gasteiger partial charge in [0.2, 0.25) is 10.0 Å². The number of benzene rings is 3. The van der Waals surface area contributed by atoms with Crippen molar-refractivity contribution >= 4 is 44.7 Å². The molecule has 0 fully saturated rings. The van der Waals surface area contributed by atoms with Crippen LogP contribution in [0.4, 0.5) is 11.4 Å². The van der Waals surface area contributed by atoms with Crippen LogP contribution in [0.3, 0.4) is 0 Å². The predicted molar refractivity (Wildman–Crippen MR) is 137 cm³/mol. The number of rotatable bonds is 9. The van der Waals surface area contributed by atoms with E-state index in [1.807, 2.05) is 0 Å². The second-order valence-electron chi connectivity index (χ2n) is 7.49. The molecule has 3 aromatic rings. The van der Waals surface area contributed by atoms with Crippen molar-refractivity contribution in [1.29, 1.82) is 0 Å². The highest BCUT2D eigenvalue weighted by Crippen LogP contribution is 2.37. The summed E-state index contributed by atoms with van der Waals surface area (Å²) >= 11 is 6.14. The number of amides is 1. The van der Waals surface area contributed by atoms with Crippen molar-refractivity contribution in [3.05, 3.63) is 82.4 Å². The number of nitrogens with zero attached hydrogens (tertiary/aromatic N) is 1. The van der Waals surface area contributed by atoms with Gasteiger partial charge < -0.3 is 14.8 Å². The molecule has 3 aromatic carbocycles. The molecule has 0 saturated heterocycles. The standard InChI is InChI=1S/C25H25ClN2O6S/c1-5-28(35(4,31)32)21-15-23(34-3)22(33-2)14-19(21)25(30)27-20-12-11-17(26)13-18(20)24(29)16-9-7-6-8-10-16/h6-15H,5H2,1-4H3,(H,27,30). The summed E-state index contributed by atoms with van der Waals surface area (Å²) in [5, 5.41) is 3.05. The van der Waals surface area contributed by atoms with Crippen LogP contribution in [0.5, 0.6) is 11.5 Å². The van der Waals surface area contributed by atoms with E-state index in [-0.39, 0.29) is 46.3 Å². The molecular weight excluding hydrogens is 492 g/mol. The number of methoxy groups -OCH3 is 2. The van der Waals surface area contributed by atoms with E-state index in [0.29, 0.717) is 10.6 Å². The first kappa shape index (κ1) is 26.1. The van der Waals surface area contributed by atoms with Crippen LogP contribution in [0.15, 0.2) is 60.7 Å². The van der Waals surface area contributed by atoms with Crippen LogP contribution in [0.2, 0.25) is 5.02 Å². The Morgan fingerprint density at radius 2 is 1.57 bits per heavy atom. The molecular formula is C25H25ClN2O6S. The van der Waals surface area contributed by atoms with E-state index in [9.17, 15) is 18.0 Å². The van der Waals surface area contributed by atoms with E-state index in [4.69, 9.17) is 21.1 Å². The van der Waals surface area contributed by atoms with Crippen molar-refractivity contribution in [2.24, 2.45) is 0 Å². The lowest BCUT2D eigenvalue weighted by atomic mass is 10.0.